The SMILES string of the molecule is C(#Cc1cccs1)c1ccc2ccccc2n1. The van der Waals surface area contributed by atoms with Crippen molar-refractivity contribution in [3.63, 3.8) is 0 Å². The molecule has 2 heterocycles. The van der Waals surface area contributed by atoms with Crippen molar-refractivity contribution in [2.45, 2.75) is 0 Å². The number of fused-ring (bicyclic) bond motifs is 1. The van der Waals surface area contributed by atoms with E-state index in [2.05, 4.69) is 29.0 Å². The summed E-state index contributed by atoms with van der Waals surface area (Å²) in [4.78, 5) is 5.58. The van der Waals surface area contributed by atoms with E-state index in [-0.39, 0.29) is 0 Å². The molecule has 2 heteroatoms. The predicted molar refractivity (Wildman–Crippen MR) is 72.0 cm³/mol. The molecule has 0 aliphatic heterocycles. The van der Waals surface area contributed by atoms with E-state index < -0.39 is 0 Å². The second-order valence-electron chi connectivity index (χ2n) is 3.62. The summed E-state index contributed by atoms with van der Waals surface area (Å²) in [6.45, 7) is 0. The fraction of sp³-hybridized carbons (Fsp3) is 0. The molecule has 0 atom stereocenters. The van der Waals surface area contributed by atoms with Crippen molar-refractivity contribution in [3.05, 3.63) is 64.5 Å². The van der Waals surface area contributed by atoms with Crippen LogP contribution in [0.2, 0.25) is 0 Å². The van der Waals surface area contributed by atoms with E-state index in [1.165, 1.54) is 0 Å². The molecule has 1 nitrogen and oxygen atoms in total. The molecule has 0 saturated heterocycles. The van der Waals surface area contributed by atoms with E-state index in [9.17, 15) is 0 Å². The Hall–Kier alpha value is -2.11. The topological polar surface area (TPSA) is 12.9 Å². The molecule has 0 unspecified atom stereocenters. The second-order valence-corrected chi connectivity index (χ2v) is 4.56. The number of hydrogen-bond donors (Lipinski definition) is 0. The zero-order valence-corrected chi connectivity index (χ0v) is 9.87. The van der Waals surface area contributed by atoms with Gasteiger partial charge in [-0.25, -0.2) is 4.98 Å². The molecule has 0 amide bonds. The molecular formula is C15H9NS. The Labute approximate surface area is 104 Å². The monoisotopic (exact) mass is 235 g/mol. The molecule has 3 rings (SSSR count). The minimum absolute atomic E-state index is 0.817. The third-order valence-corrected chi connectivity index (χ3v) is 3.22. The lowest BCUT2D eigenvalue weighted by molar-refractivity contribution is 1.36. The quantitative estimate of drug-likeness (QED) is 0.541. The van der Waals surface area contributed by atoms with Gasteiger partial charge in [0.2, 0.25) is 0 Å². The number of para-hydroxylation sites is 1. The van der Waals surface area contributed by atoms with Gasteiger partial charge in [0.05, 0.1) is 10.4 Å². The standard InChI is InChI=1S/C15H9NS/c1-2-6-15-12(4-1)7-8-13(16-15)9-10-14-5-3-11-17-14/h1-8,11H. The second kappa shape index (κ2) is 4.40. The maximum Gasteiger partial charge on any atom is 0.114 e. The van der Waals surface area contributed by atoms with Gasteiger partial charge in [-0.1, -0.05) is 30.3 Å². The molecule has 0 N–H and O–H groups in total. The molecule has 80 valence electrons. The summed E-state index contributed by atoms with van der Waals surface area (Å²) in [5.74, 6) is 6.20. The van der Waals surface area contributed by atoms with Gasteiger partial charge in [0.25, 0.3) is 0 Å². The van der Waals surface area contributed by atoms with E-state index in [0.717, 1.165) is 21.5 Å². The van der Waals surface area contributed by atoms with Crippen LogP contribution in [0.1, 0.15) is 10.6 Å². The number of rotatable bonds is 0. The highest BCUT2D eigenvalue weighted by Crippen LogP contribution is 2.11. The van der Waals surface area contributed by atoms with Crippen LogP contribution in [0.25, 0.3) is 10.9 Å². The van der Waals surface area contributed by atoms with Gasteiger partial charge in [-0.2, -0.15) is 0 Å². The van der Waals surface area contributed by atoms with Crippen molar-refractivity contribution in [2.24, 2.45) is 0 Å². The first-order valence-electron chi connectivity index (χ1n) is 5.33. The Bertz CT molecular complexity index is 702. The summed E-state index contributed by atoms with van der Waals surface area (Å²) in [5, 5.41) is 3.17. The zero-order valence-electron chi connectivity index (χ0n) is 9.05. The van der Waals surface area contributed by atoms with Crippen molar-refractivity contribution in [1.82, 2.24) is 4.98 Å². The van der Waals surface area contributed by atoms with Crippen LogP contribution in [0, 0.1) is 11.8 Å². The Morgan fingerprint density at radius 3 is 2.71 bits per heavy atom. The van der Waals surface area contributed by atoms with Crippen molar-refractivity contribution in [3.8, 4) is 11.8 Å². The maximum atomic E-state index is 4.51. The molecule has 0 aliphatic carbocycles. The third-order valence-electron chi connectivity index (χ3n) is 2.43. The van der Waals surface area contributed by atoms with Crippen LogP contribution in [0.15, 0.2) is 53.9 Å². The molecule has 0 fully saturated rings. The van der Waals surface area contributed by atoms with Crippen LogP contribution < -0.4 is 0 Å². The largest absolute Gasteiger partial charge is 0.239 e. The molecule has 17 heavy (non-hydrogen) atoms. The van der Waals surface area contributed by atoms with Crippen molar-refractivity contribution < 1.29 is 0 Å². The fourth-order valence-corrected chi connectivity index (χ4v) is 2.18. The average Bonchev–Trinajstić information content (AvgIpc) is 2.89. The van der Waals surface area contributed by atoms with E-state index >= 15 is 0 Å². The minimum atomic E-state index is 0.817. The van der Waals surface area contributed by atoms with Gasteiger partial charge in [0, 0.05) is 5.39 Å². The molecule has 1 aromatic carbocycles. The first-order valence-corrected chi connectivity index (χ1v) is 6.21. The summed E-state index contributed by atoms with van der Waals surface area (Å²) in [6, 6.07) is 16.1. The smallest absolute Gasteiger partial charge is 0.114 e. The fourth-order valence-electron chi connectivity index (χ4n) is 1.61. The summed E-state index contributed by atoms with van der Waals surface area (Å²) >= 11 is 1.64. The summed E-state index contributed by atoms with van der Waals surface area (Å²) in [5.41, 5.74) is 1.81. The highest BCUT2D eigenvalue weighted by atomic mass is 32.1. The van der Waals surface area contributed by atoms with Crippen LogP contribution >= 0.6 is 11.3 Å². The predicted octanol–water partition coefficient (Wildman–Crippen LogP) is 3.70. The van der Waals surface area contributed by atoms with Gasteiger partial charge in [-0.3, -0.25) is 0 Å². The normalized spacial score (nSPS) is 9.88. The number of benzene rings is 1. The molecule has 0 aliphatic rings. The summed E-state index contributed by atoms with van der Waals surface area (Å²) in [6.07, 6.45) is 0. The van der Waals surface area contributed by atoms with Crippen LogP contribution in [-0.4, -0.2) is 4.98 Å². The number of thiophene rings is 1. The first kappa shape index (κ1) is 10.1. The highest BCUT2D eigenvalue weighted by molar-refractivity contribution is 7.10. The summed E-state index contributed by atoms with van der Waals surface area (Å²) < 4.78 is 0. The molecule has 3 aromatic rings. The minimum Gasteiger partial charge on any atom is -0.239 e. The average molecular weight is 235 g/mol. The van der Waals surface area contributed by atoms with Crippen LogP contribution in [0.3, 0.4) is 0 Å². The van der Waals surface area contributed by atoms with Gasteiger partial charge in [-0.05, 0) is 35.4 Å². The van der Waals surface area contributed by atoms with Crippen molar-refractivity contribution in [1.29, 1.82) is 0 Å². The van der Waals surface area contributed by atoms with E-state index in [1.54, 1.807) is 11.3 Å². The number of hydrogen-bond acceptors (Lipinski definition) is 2. The van der Waals surface area contributed by atoms with Crippen molar-refractivity contribution in [2.75, 3.05) is 0 Å². The van der Waals surface area contributed by atoms with E-state index in [4.69, 9.17) is 0 Å². The maximum absolute atomic E-state index is 4.51. The molecular weight excluding hydrogens is 226 g/mol. The molecule has 2 aromatic heterocycles. The van der Waals surface area contributed by atoms with Gasteiger partial charge >= 0.3 is 0 Å². The number of aromatic nitrogens is 1. The van der Waals surface area contributed by atoms with E-state index in [1.807, 2.05) is 41.8 Å². The van der Waals surface area contributed by atoms with Crippen LogP contribution in [-0.2, 0) is 0 Å². The lowest BCUT2D eigenvalue weighted by atomic mass is 10.2. The molecule has 0 bridgehead atoms. The van der Waals surface area contributed by atoms with Gasteiger partial charge in [0.1, 0.15) is 5.69 Å². The Kier molecular flexibility index (Phi) is 2.61. The third kappa shape index (κ3) is 2.20. The number of pyridine rings is 1. The van der Waals surface area contributed by atoms with Crippen molar-refractivity contribution >= 4 is 22.2 Å². The Balaban J connectivity index is 2.01. The molecule has 0 saturated carbocycles. The lowest BCUT2D eigenvalue weighted by Crippen LogP contribution is -1.83. The number of nitrogens with zero attached hydrogens (tertiary/aromatic N) is 1. The van der Waals surface area contributed by atoms with Gasteiger partial charge in [-0.15, -0.1) is 11.3 Å². The van der Waals surface area contributed by atoms with E-state index in [0.29, 0.717) is 0 Å². The Morgan fingerprint density at radius 1 is 0.882 bits per heavy atom. The Morgan fingerprint density at radius 2 is 1.82 bits per heavy atom. The molecule has 0 radical (unpaired) electrons. The van der Waals surface area contributed by atoms with Crippen LogP contribution in [0.4, 0.5) is 0 Å². The van der Waals surface area contributed by atoms with Gasteiger partial charge in [0.15, 0.2) is 0 Å². The lowest BCUT2D eigenvalue weighted by Gasteiger charge is -1.96. The highest BCUT2D eigenvalue weighted by Gasteiger charge is 1.94. The molecule has 0 spiro atoms. The first-order chi connectivity index (χ1) is 8.42. The zero-order chi connectivity index (χ0) is 11.5. The van der Waals surface area contributed by atoms with Gasteiger partial charge < -0.3 is 0 Å². The summed E-state index contributed by atoms with van der Waals surface area (Å²) in [7, 11) is 0. The van der Waals surface area contributed by atoms with Crippen LogP contribution in [0.5, 0.6) is 0 Å².